The van der Waals surface area contributed by atoms with Crippen molar-refractivity contribution in [2.75, 3.05) is 0 Å². The first-order valence-electron chi connectivity index (χ1n) is 5.43. The van der Waals surface area contributed by atoms with E-state index in [4.69, 9.17) is 0 Å². The van der Waals surface area contributed by atoms with Gasteiger partial charge in [0.1, 0.15) is 0 Å². The molecule has 0 aromatic heterocycles. The summed E-state index contributed by atoms with van der Waals surface area (Å²) in [5.41, 5.74) is 6.38. The Kier molecular flexibility index (Phi) is 2.39. The second-order valence-corrected chi connectivity index (χ2v) is 4.05. The minimum absolute atomic E-state index is 1.18. The second kappa shape index (κ2) is 3.53. The molecule has 0 spiro atoms. The third-order valence-corrected chi connectivity index (χ3v) is 3.31. The first-order chi connectivity index (χ1) is 6.33. The second-order valence-electron chi connectivity index (χ2n) is 4.05. The summed E-state index contributed by atoms with van der Waals surface area (Å²) >= 11 is 0. The molecule has 0 unspecified atom stereocenters. The molecule has 0 heteroatoms. The lowest BCUT2D eigenvalue weighted by Crippen LogP contribution is -2.06. The Morgan fingerprint density at radius 1 is 1.15 bits per heavy atom. The standard InChI is InChI=1S/C13H18/c1-3-11-8-9-12-6-4-5-7-13(12)10(11)2/h8-9H,3-7H2,1-2H3. The van der Waals surface area contributed by atoms with Crippen LogP contribution in [0.4, 0.5) is 0 Å². The summed E-state index contributed by atoms with van der Waals surface area (Å²) in [4.78, 5) is 0. The van der Waals surface area contributed by atoms with E-state index in [-0.39, 0.29) is 0 Å². The van der Waals surface area contributed by atoms with Gasteiger partial charge in [0, 0.05) is 0 Å². The molecule has 13 heavy (non-hydrogen) atoms. The molecule has 0 heterocycles. The van der Waals surface area contributed by atoms with Crippen molar-refractivity contribution >= 4 is 0 Å². The van der Waals surface area contributed by atoms with E-state index in [1.54, 1.807) is 22.3 Å². The molecule has 0 radical (unpaired) electrons. The Morgan fingerprint density at radius 2 is 1.92 bits per heavy atom. The summed E-state index contributed by atoms with van der Waals surface area (Å²) in [6.45, 7) is 4.54. The van der Waals surface area contributed by atoms with E-state index in [1.165, 1.54) is 32.1 Å². The van der Waals surface area contributed by atoms with Crippen LogP contribution >= 0.6 is 0 Å². The van der Waals surface area contributed by atoms with Crippen molar-refractivity contribution in [2.24, 2.45) is 0 Å². The van der Waals surface area contributed by atoms with Gasteiger partial charge in [0.15, 0.2) is 0 Å². The van der Waals surface area contributed by atoms with E-state index in [9.17, 15) is 0 Å². The van der Waals surface area contributed by atoms with Crippen LogP contribution < -0.4 is 0 Å². The van der Waals surface area contributed by atoms with Gasteiger partial charge in [0.25, 0.3) is 0 Å². The predicted octanol–water partition coefficient (Wildman–Crippen LogP) is 3.44. The molecule has 0 nitrogen and oxygen atoms in total. The van der Waals surface area contributed by atoms with Crippen molar-refractivity contribution in [1.29, 1.82) is 0 Å². The fourth-order valence-corrected chi connectivity index (χ4v) is 2.44. The number of rotatable bonds is 1. The van der Waals surface area contributed by atoms with Gasteiger partial charge in [-0.05, 0) is 61.3 Å². The lowest BCUT2D eigenvalue weighted by Gasteiger charge is -2.19. The van der Waals surface area contributed by atoms with Crippen LogP contribution in [0.1, 0.15) is 42.0 Å². The van der Waals surface area contributed by atoms with Gasteiger partial charge in [-0.3, -0.25) is 0 Å². The van der Waals surface area contributed by atoms with Gasteiger partial charge in [-0.15, -0.1) is 0 Å². The summed E-state index contributed by atoms with van der Waals surface area (Å²) in [6, 6.07) is 4.67. The smallest absolute Gasteiger partial charge is 0.0273 e. The summed E-state index contributed by atoms with van der Waals surface area (Å²) in [7, 11) is 0. The number of hydrogen-bond donors (Lipinski definition) is 0. The van der Waals surface area contributed by atoms with Crippen LogP contribution in [0.5, 0.6) is 0 Å². The molecule has 2 rings (SSSR count). The summed E-state index contributed by atoms with van der Waals surface area (Å²) < 4.78 is 0. The first-order valence-corrected chi connectivity index (χ1v) is 5.43. The molecule has 0 bridgehead atoms. The van der Waals surface area contributed by atoms with E-state index in [0.717, 1.165) is 0 Å². The highest BCUT2D eigenvalue weighted by molar-refractivity contribution is 5.41. The van der Waals surface area contributed by atoms with Gasteiger partial charge in [0.2, 0.25) is 0 Å². The Balaban J connectivity index is 2.48. The van der Waals surface area contributed by atoms with E-state index < -0.39 is 0 Å². The number of benzene rings is 1. The van der Waals surface area contributed by atoms with Crippen molar-refractivity contribution < 1.29 is 0 Å². The minimum Gasteiger partial charge on any atom is -0.0613 e. The maximum Gasteiger partial charge on any atom is -0.0273 e. The number of fused-ring (bicyclic) bond motifs is 1. The van der Waals surface area contributed by atoms with Gasteiger partial charge >= 0.3 is 0 Å². The molecule has 0 saturated heterocycles. The number of aryl methyl sites for hydroxylation is 2. The highest BCUT2D eigenvalue weighted by atomic mass is 14.2. The quantitative estimate of drug-likeness (QED) is 0.612. The number of hydrogen-bond acceptors (Lipinski definition) is 0. The maximum atomic E-state index is 2.35. The molecular formula is C13H18. The lowest BCUT2D eigenvalue weighted by atomic mass is 9.86. The van der Waals surface area contributed by atoms with Crippen LogP contribution in [-0.4, -0.2) is 0 Å². The monoisotopic (exact) mass is 174 g/mol. The topological polar surface area (TPSA) is 0 Å². The van der Waals surface area contributed by atoms with Crippen LogP contribution in [-0.2, 0) is 19.3 Å². The predicted molar refractivity (Wildman–Crippen MR) is 57.2 cm³/mol. The van der Waals surface area contributed by atoms with E-state index in [0.29, 0.717) is 0 Å². The van der Waals surface area contributed by atoms with E-state index in [2.05, 4.69) is 26.0 Å². The first kappa shape index (κ1) is 8.80. The Hall–Kier alpha value is -0.780. The van der Waals surface area contributed by atoms with Gasteiger partial charge in [-0.2, -0.15) is 0 Å². The molecule has 0 atom stereocenters. The zero-order valence-corrected chi connectivity index (χ0v) is 8.69. The van der Waals surface area contributed by atoms with Crippen molar-refractivity contribution in [3.63, 3.8) is 0 Å². The average Bonchev–Trinajstić information content (AvgIpc) is 2.19. The van der Waals surface area contributed by atoms with Gasteiger partial charge < -0.3 is 0 Å². The summed E-state index contributed by atoms with van der Waals surface area (Å²) in [6.07, 6.45) is 6.58. The van der Waals surface area contributed by atoms with Crippen molar-refractivity contribution in [3.8, 4) is 0 Å². The molecule has 0 fully saturated rings. The molecule has 0 amide bonds. The lowest BCUT2D eigenvalue weighted by molar-refractivity contribution is 0.680. The van der Waals surface area contributed by atoms with Crippen LogP contribution in [0, 0.1) is 6.92 Å². The molecule has 1 aromatic carbocycles. The van der Waals surface area contributed by atoms with Crippen LogP contribution in [0.25, 0.3) is 0 Å². The highest BCUT2D eigenvalue weighted by Crippen LogP contribution is 2.26. The molecule has 0 aliphatic heterocycles. The van der Waals surface area contributed by atoms with Gasteiger partial charge in [0.05, 0.1) is 0 Å². The fourth-order valence-electron chi connectivity index (χ4n) is 2.44. The maximum absolute atomic E-state index is 2.35. The molecule has 0 saturated carbocycles. The molecule has 0 N–H and O–H groups in total. The molecule has 1 aliphatic rings. The zero-order chi connectivity index (χ0) is 9.26. The van der Waals surface area contributed by atoms with Crippen LogP contribution in [0.15, 0.2) is 12.1 Å². The normalized spacial score (nSPS) is 15.5. The molecule has 70 valence electrons. The van der Waals surface area contributed by atoms with Crippen LogP contribution in [0.2, 0.25) is 0 Å². The van der Waals surface area contributed by atoms with Gasteiger partial charge in [-0.25, -0.2) is 0 Å². The Labute approximate surface area is 81.0 Å². The summed E-state index contributed by atoms with van der Waals surface area (Å²) in [5, 5.41) is 0. The zero-order valence-electron chi connectivity index (χ0n) is 8.69. The van der Waals surface area contributed by atoms with Crippen molar-refractivity contribution in [3.05, 3.63) is 34.4 Å². The minimum atomic E-state index is 1.18. The van der Waals surface area contributed by atoms with Crippen molar-refractivity contribution in [1.82, 2.24) is 0 Å². The van der Waals surface area contributed by atoms with E-state index in [1.807, 2.05) is 0 Å². The highest BCUT2D eigenvalue weighted by Gasteiger charge is 2.12. The summed E-state index contributed by atoms with van der Waals surface area (Å²) in [5.74, 6) is 0. The van der Waals surface area contributed by atoms with Crippen LogP contribution in [0.3, 0.4) is 0 Å². The largest absolute Gasteiger partial charge is 0.0613 e. The molecule has 1 aromatic rings. The average molecular weight is 174 g/mol. The third kappa shape index (κ3) is 1.50. The molecular weight excluding hydrogens is 156 g/mol. The molecule has 1 aliphatic carbocycles. The Morgan fingerprint density at radius 3 is 2.69 bits per heavy atom. The third-order valence-electron chi connectivity index (χ3n) is 3.31. The van der Waals surface area contributed by atoms with E-state index >= 15 is 0 Å². The SMILES string of the molecule is CCc1ccc2c(c1C)CCCC2. The van der Waals surface area contributed by atoms with Crippen molar-refractivity contribution in [2.45, 2.75) is 46.0 Å². The fraction of sp³-hybridized carbons (Fsp3) is 0.538. The van der Waals surface area contributed by atoms with Gasteiger partial charge in [-0.1, -0.05) is 19.1 Å². The Bertz CT molecular complexity index is 310.